The number of hydrogen-bond donors (Lipinski definition) is 0. The summed E-state index contributed by atoms with van der Waals surface area (Å²) in [6, 6.07) is 7.74. The second kappa shape index (κ2) is 6.67. The molecule has 1 aromatic heterocycles. The number of fused-ring (bicyclic) bond motifs is 1. The predicted molar refractivity (Wildman–Crippen MR) is 93.6 cm³/mol. The molecule has 120 valence electrons. The van der Waals surface area contributed by atoms with Crippen molar-refractivity contribution in [3.05, 3.63) is 24.3 Å². The molecule has 0 unspecified atom stereocenters. The average Bonchev–Trinajstić information content (AvgIpc) is 2.98. The second-order valence-corrected chi connectivity index (χ2v) is 6.92. The van der Waals surface area contributed by atoms with Crippen LogP contribution in [0.1, 0.15) is 13.8 Å². The lowest BCUT2D eigenvalue weighted by Crippen LogP contribution is -2.49. The number of carbonyl (C=O) groups is 2. The van der Waals surface area contributed by atoms with Gasteiger partial charge in [0.05, 0.1) is 22.4 Å². The summed E-state index contributed by atoms with van der Waals surface area (Å²) in [4.78, 5) is 33.4. The molecule has 0 aliphatic carbocycles. The van der Waals surface area contributed by atoms with Crippen molar-refractivity contribution in [1.82, 2.24) is 13.6 Å². The quantitative estimate of drug-likeness (QED) is 0.484. The number of thiazole rings is 1. The molecule has 8 heteroatoms. The number of aliphatic imine (C=N–C) groups is 1. The number of benzene rings is 1. The molecule has 0 radical (unpaired) electrons. The van der Waals surface area contributed by atoms with E-state index < -0.39 is 5.92 Å². The number of aromatic nitrogens is 1. The molecule has 1 fully saturated rings. The Balaban J connectivity index is 1.86. The molecule has 1 aromatic carbocycles. The van der Waals surface area contributed by atoms with Crippen LogP contribution in [0, 0.1) is 5.92 Å². The highest BCUT2D eigenvalue weighted by atomic mass is 32.2. The van der Waals surface area contributed by atoms with Crippen molar-refractivity contribution in [3.8, 4) is 0 Å². The lowest BCUT2D eigenvalue weighted by atomic mass is 10.1. The fourth-order valence-corrected chi connectivity index (χ4v) is 3.90. The molecule has 1 aliphatic rings. The monoisotopic (exact) mass is 348 g/mol. The summed E-state index contributed by atoms with van der Waals surface area (Å²) in [6.07, 6.45) is 1.42. The molecule has 2 aromatic rings. The number of nitrogens with zero attached hydrogens (tertiary/aromatic N) is 4. The van der Waals surface area contributed by atoms with E-state index in [1.54, 1.807) is 8.61 Å². The summed E-state index contributed by atoms with van der Waals surface area (Å²) in [5, 5.41) is 0.552. The lowest BCUT2D eigenvalue weighted by molar-refractivity contribution is -0.140. The third-order valence-electron chi connectivity index (χ3n) is 3.41. The second-order valence-electron chi connectivity index (χ2n) is 4.87. The number of amides is 2. The molecule has 2 amide bonds. The van der Waals surface area contributed by atoms with Crippen LogP contribution in [-0.4, -0.2) is 44.7 Å². The van der Waals surface area contributed by atoms with Gasteiger partial charge in [0, 0.05) is 19.3 Å². The van der Waals surface area contributed by atoms with Gasteiger partial charge in [-0.15, -0.1) is 0 Å². The SMILES string of the molecule is CCN1SN(CC)C(=O)C(C=Nc2nc3ccccc3s2)C1=O. The first-order valence-corrected chi connectivity index (χ1v) is 8.89. The van der Waals surface area contributed by atoms with Crippen LogP contribution in [0.4, 0.5) is 5.13 Å². The van der Waals surface area contributed by atoms with E-state index in [1.807, 2.05) is 38.1 Å². The van der Waals surface area contributed by atoms with E-state index in [9.17, 15) is 9.59 Å². The predicted octanol–water partition coefficient (Wildman–Crippen LogP) is 2.89. The van der Waals surface area contributed by atoms with Gasteiger partial charge in [-0.05, 0) is 26.0 Å². The summed E-state index contributed by atoms with van der Waals surface area (Å²) in [5.41, 5.74) is 0.867. The third-order valence-corrected chi connectivity index (χ3v) is 5.63. The van der Waals surface area contributed by atoms with E-state index in [4.69, 9.17) is 0 Å². The van der Waals surface area contributed by atoms with Crippen molar-refractivity contribution in [2.45, 2.75) is 13.8 Å². The smallest absolute Gasteiger partial charge is 0.251 e. The molecule has 1 aliphatic heterocycles. The first kappa shape index (κ1) is 15.9. The summed E-state index contributed by atoms with van der Waals surface area (Å²) >= 11 is 2.61. The van der Waals surface area contributed by atoms with Crippen molar-refractivity contribution in [2.75, 3.05) is 13.1 Å². The van der Waals surface area contributed by atoms with Crippen molar-refractivity contribution < 1.29 is 9.59 Å². The highest BCUT2D eigenvalue weighted by Crippen LogP contribution is 2.30. The summed E-state index contributed by atoms with van der Waals surface area (Å²) in [5.74, 6) is -1.32. The molecule has 1 saturated heterocycles. The Bertz CT molecular complexity index is 719. The molecular formula is C15H16N4O2S2. The Morgan fingerprint density at radius 1 is 1.17 bits per heavy atom. The zero-order chi connectivity index (χ0) is 16.4. The van der Waals surface area contributed by atoms with Gasteiger partial charge in [0.15, 0.2) is 5.92 Å². The van der Waals surface area contributed by atoms with Crippen molar-refractivity contribution in [3.63, 3.8) is 0 Å². The molecule has 23 heavy (non-hydrogen) atoms. The standard InChI is InChI=1S/C15H16N4O2S2/c1-3-18-13(20)10(14(21)19(4-2)23-18)9-16-15-17-11-7-5-6-8-12(11)22-15/h5-10H,3-4H2,1-2H3. The van der Waals surface area contributed by atoms with E-state index >= 15 is 0 Å². The number of rotatable bonds is 4. The maximum absolute atomic E-state index is 12.4. The van der Waals surface area contributed by atoms with Crippen LogP contribution in [0.15, 0.2) is 29.3 Å². The molecule has 0 spiro atoms. The van der Waals surface area contributed by atoms with Gasteiger partial charge in [-0.3, -0.25) is 18.2 Å². The van der Waals surface area contributed by atoms with Crippen molar-refractivity contribution >= 4 is 56.8 Å². The fourth-order valence-electron chi connectivity index (χ4n) is 2.22. The summed E-state index contributed by atoms with van der Waals surface area (Å²) in [7, 11) is 0. The van der Waals surface area contributed by atoms with Gasteiger partial charge in [0.25, 0.3) is 11.8 Å². The van der Waals surface area contributed by atoms with Gasteiger partial charge in [0.1, 0.15) is 0 Å². The fraction of sp³-hybridized carbons (Fsp3) is 0.333. The zero-order valence-electron chi connectivity index (χ0n) is 12.8. The topological polar surface area (TPSA) is 65.9 Å². The van der Waals surface area contributed by atoms with Crippen LogP contribution >= 0.6 is 23.5 Å². The first-order valence-electron chi connectivity index (χ1n) is 7.34. The van der Waals surface area contributed by atoms with Gasteiger partial charge < -0.3 is 0 Å². The minimum atomic E-state index is -0.872. The molecule has 0 N–H and O–H groups in total. The normalized spacial score (nSPS) is 17.0. The van der Waals surface area contributed by atoms with Crippen LogP contribution in [0.2, 0.25) is 0 Å². The largest absolute Gasteiger partial charge is 0.273 e. The molecule has 2 heterocycles. The van der Waals surface area contributed by atoms with Crippen molar-refractivity contribution in [2.24, 2.45) is 10.9 Å². The molecule has 6 nitrogen and oxygen atoms in total. The Kier molecular flexibility index (Phi) is 4.63. The summed E-state index contributed by atoms with van der Waals surface area (Å²) < 4.78 is 4.20. The van der Waals surface area contributed by atoms with Crippen LogP contribution in [0.3, 0.4) is 0 Å². The Morgan fingerprint density at radius 3 is 2.43 bits per heavy atom. The van der Waals surface area contributed by atoms with Gasteiger partial charge in [0.2, 0.25) is 5.13 Å². The first-order chi connectivity index (χ1) is 11.1. The van der Waals surface area contributed by atoms with E-state index in [0.717, 1.165) is 10.2 Å². The Hall–Kier alpha value is -1.93. The maximum Gasteiger partial charge on any atom is 0.251 e. The minimum absolute atomic E-state index is 0.225. The van der Waals surface area contributed by atoms with Crippen LogP contribution in [0.5, 0.6) is 0 Å². The molecular weight excluding hydrogens is 332 g/mol. The van der Waals surface area contributed by atoms with Crippen LogP contribution in [-0.2, 0) is 9.59 Å². The minimum Gasteiger partial charge on any atom is -0.273 e. The zero-order valence-corrected chi connectivity index (χ0v) is 14.4. The maximum atomic E-state index is 12.4. The van der Waals surface area contributed by atoms with E-state index in [0.29, 0.717) is 18.2 Å². The van der Waals surface area contributed by atoms with Gasteiger partial charge >= 0.3 is 0 Å². The van der Waals surface area contributed by atoms with Crippen LogP contribution in [0.25, 0.3) is 10.2 Å². The van der Waals surface area contributed by atoms with E-state index in [-0.39, 0.29) is 11.8 Å². The van der Waals surface area contributed by atoms with Gasteiger partial charge in [-0.25, -0.2) is 9.98 Å². The highest BCUT2D eigenvalue weighted by Gasteiger charge is 2.39. The van der Waals surface area contributed by atoms with Crippen LogP contribution < -0.4 is 0 Å². The molecule has 0 atom stereocenters. The third kappa shape index (κ3) is 3.09. The molecule has 0 bridgehead atoms. The Morgan fingerprint density at radius 2 is 1.83 bits per heavy atom. The lowest BCUT2D eigenvalue weighted by Gasteiger charge is -2.34. The number of hydrogen-bond acceptors (Lipinski definition) is 6. The van der Waals surface area contributed by atoms with E-state index in [2.05, 4.69) is 9.98 Å². The highest BCUT2D eigenvalue weighted by molar-refractivity contribution is 7.95. The van der Waals surface area contributed by atoms with Gasteiger partial charge in [-0.1, -0.05) is 23.5 Å². The molecule has 3 rings (SSSR count). The van der Waals surface area contributed by atoms with Gasteiger partial charge in [-0.2, -0.15) is 0 Å². The molecule has 0 saturated carbocycles. The summed E-state index contributed by atoms with van der Waals surface area (Å²) in [6.45, 7) is 4.85. The number of carbonyl (C=O) groups excluding carboxylic acids is 2. The van der Waals surface area contributed by atoms with E-state index in [1.165, 1.54) is 29.7 Å². The average molecular weight is 348 g/mol. The van der Waals surface area contributed by atoms with Crippen molar-refractivity contribution in [1.29, 1.82) is 0 Å². The Labute approximate surface area is 142 Å². The number of para-hydroxylation sites is 1.